The average Bonchev–Trinajstić information content (AvgIpc) is 3.09. The maximum absolute atomic E-state index is 5.25. The monoisotopic (exact) mass is 305 g/mol. The fourth-order valence-electron chi connectivity index (χ4n) is 1.97. The molecule has 0 unspecified atom stereocenters. The molecule has 0 fully saturated rings. The van der Waals surface area contributed by atoms with Crippen LogP contribution in [0.3, 0.4) is 0 Å². The van der Waals surface area contributed by atoms with Crippen molar-refractivity contribution in [3.63, 3.8) is 0 Å². The highest BCUT2D eigenvalue weighted by molar-refractivity contribution is 5.55. The van der Waals surface area contributed by atoms with Crippen molar-refractivity contribution in [2.24, 2.45) is 0 Å². The van der Waals surface area contributed by atoms with E-state index >= 15 is 0 Å². The summed E-state index contributed by atoms with van der Waals surface area (Å²) >= 11 is 0. The number of ether oxygens (including phenoxy) is 1. The number of benzene rings is 1. The van der Waals surface area contributed by atoms with E-state index in [1.54, 1.807) is 13.3 Å². The van der Waals surface area contributed by atoms with Crippen LogP contribution in [-0.4, -0.2) is 22.2 Å². The molecule has 114 valence electrons. The quantitative estimate of drug-likeness (QED) is 0.693. The lowest BCUT2D eigenvalue weighted by Gasteiger charge is -1.98. The van der Waals surface area contributed by atoms with E-state index < -0.39 is 0 Å². The van der Waals surface area contributed by atoms with Crippen molar-refractivity contribution in [1.82, 2.24) is 15.1 Å². The van der Waals surface area contributed by atoms with E-state index in [0.29, 0.717) is 24.6 Å². The van der Waals surface area contributed by atoms with Gasteiger partial charge in [0.1, 0.15) is 11.4 Å². The van der Waals surface area contributed by atoms with Crippen molar-refractivity contribution in [3.05, 3.63) is 60.2 Å². The fourth-order valence-corrected chi connectivity index (χ4v) is 1.97. The summed E-state index contributed by atoms with van der Waals surface area (Å²) in [5, 5.41) is 3.99. The maximum atomic E-state index is 5.25. The third kappa shape index (κ3) is 3.95. The molecule has 0 spiro atoms. The summed E-state index contributed by atoms with van der Waals surface area (Å²) in [5.74, 6) is 8.00. The van der Waals surface area contributed by atoms with E-state index in [0.717, 1.165) is 17.0 Å². The Bertz CT molecular complexity index is 815. The predicted octanol–water partition coefficient (Wildman–Crippen LogP) is 3.12. The molecule has 0 saturated carbocycles. The lowest BCUT2D eigenvalue weighted by Crippen LogP contribution is -1.86. The van der Waals surface area contributed by atoms with Gasteiger partial charge in [-0.3, -0.25) is 0 Å². The Balaban J connectivity index is 1.60. The number of hydrogen-bond acceptors (Lipinski definition) is 5. The second-order valence-corrected chi connectivity index (χ2v) is 4.76. The van der Waals surface area contributed by atoms with Crippen LogP contribution in [0.5, 0.6) is 5.75 Å². The Kier molecular flexibility index (Phi) is 4.65. The van der Waals surface area contributed by atoms with Crippen molar-refractivity contribution in [2.45, 2.75) is 12.8 Å². The van der Waals surface area contributed by atoms with Crippen LogP contribution in [0.25, 0.3) is 11.4 Å². The molecule has 5 nitrogen and oxygen atoms in total. The number of pyridine rings is 1. The van der Waals surface area contributed by atoms with Crippen molar-refractivity contribution >= 4 is 0 Å². The molecule has 0 atom stereocenters. The summed E-state index contributed by atoms with van der Waals surface area (Å²) in [7, 11) is 1.63. The minimum atomic E-state index is 0.570. The van der Waals surface area contributed by atoms with Crippen LogP contribution in [-0.2, 0) is 6.42 Å². The first-order valence-corrected chi connectivity index (χ1v) is 7.22. The van der Waals surface area contributed by atoms with Gasteiger partial charge in [-0.05, 0) is 42.3 Å². The molecule has 0 amide bonds. The molecule has 1 aromatic carbocycles. The smallest absolute Gasteiger partial charge is 0.227 e. The van der Waals surface area contributed by atoms with Gasteiger partial charge in [0.15, 0.2) is 0 Å². The van der Waals surface area contributed by atoms with Crippen LogP contribution in [0.4, 0.5) is 0 Å². The second kappa shape index (κ2) is 7.23. The minimum Gasteiger partial charge on any atom is -0.497 e. The highest BCUT2D eigenvalue weighted by atomic mass is 16.5. The van der Waals surface area contributed by atoms with E-state index in [-0.39, 0.29) is 0 Å². The normalized spacial score (nSPS) is 9.96. The van der Waals surface area contributed by atoms with Gasteiger partial charge in [-0.25, -0.2) is 4.98 Å². The lowest BCUT2D eigenvalue weighted by atomic mass is 10.2. The molecular formula is C18H15N3O2. The topological polar surface area (TPSA) is 61.0 Å². The predicted molar refractivity (Wildman–Crippen MR) is 85.7 cm³/mol. The van der Waals surface area contributed by atoms with Gasteiger partial charge < -0.3 is 9.26 Å². The minimum absolute atomic E-state index is 0.570. The molecule has 0 bridgehead atoms. The van der Waals surface area contributed by atoms with Gasteiger partial charge >= 0.3 is 0 Å². The number of nitrogens with zero attached hydrogens (tertiary/aromatic N) is 3. The van der Waals surface area contributed by atoms with Gasteiger partial charge in [0.2, 0.25) is 11.7 Å². The van der Waals surface area contributed by atoms with E-state index in [1.165, 1.54) is 0 Å². The third-order valence-electron chi connectivity index (χ3n) is 3.16. The summed E-state index contributed by atoms with van der Waals surface area (Å²) in [4.78, 5) is 8.52. The van der Waals surface area contributed by atoms with Crippen LogP contribution >= 0.6 is 0 Å². The Labute approximate surface area is 134 Å². The summed E-state index contributed by atoms with van der Waals surface area (Å²) in [5.41, 5.74) is 1.65. The first-order valence-electron chi connectivity index (χ1n) is 7.22. The molecule has 0 aliphatic rings. The molecule has 0 saturated heterocycles. The number of aromatic nitrogens is 3. The van der Waals surface area contributed by atoms with Crippen LogP contribution in [0.2, 0.25) is 0 Å². The summed E-state index contributed by atoms with van der Waals surface area (Å²) in [6.45, 7) is 0. The fraction of sp³-hybridized carbons (Fsp3) is 0.167. The molecule has 5 heteroatoms. The van der Waals surface area contributed by atoms with Crippen molar-refractivity contribution in [3.8, 4) is 29.0 Å². The summed E-state index contributed by atoms with van der Waals surface area (Å²) < 4.78 is 10.4. The van der Waals surface area contributed by atoms with E-state index in [9.17, 15) is 0 Å². The molecule has 2 heterocycles. The molecule has 3 rings (SSSR count). The molecule has 0 aliphatic heterocycles. The largest absolute Gasteiger partial charge is 0.497 e. The SMILES string of the molecule is COc1ccc(-c2noc(CCC#Cc3ccccn3)n2)cc1. The number of aryl methyl sites for hydroxylation is 1. The number of methoxy groups -OCH3 is 1. The average molecular weight is 305 g/mol. The zero-order valence-electron chi connectivity index (χ0n) is 12.7. The van der Waals surface area contributed by atoms with Crippen LogP contribution < -0.4 is 4.74 Å². The van der Waals surface area contributed by atoms with Crippen molar-refractivity contribution < 1.29 is 9.26 Å². The lowest BCUT2D eigenvalue weighted by molar-refractivity contribution is 0.380. The Morgan fingerprint density at radius 1 is 1.13 bits per heavy atom. The third-order valence-corrected chi connectivity index (χ3v) is 3.16. The van der Waals surface area contributed by atoms with E-state index in [2.05, 4.69) is 27.0 Å². The van der Waals surface area contributed by atoms with Gasteiger partial charge in [0.25, 0.3) is 0 Å². The molecule has 0 radical (unpaired) electrons. The Hall–Kier alpha value is -3.13. The second-order valence-electron chi connectivity index (χ2n) is 4.76. The number of hydrogen-bond donors (Lipinski definition) is 0. The van der Waals surface area contributed by atoms with Crippen LogP contribution in [0.1, 0.15) is 18.0 Å². The highest BCUT2D eigenvalue weighted by Gasteiger charge is 2.08. The van der Waals surface area contributed by atoms with Gasteiger partial charge in [-0.2, -0.15) is 4.98 Å². The Morgan fingerprint density at radius 2 is 2.00 bits per heavy atom. The van der Waals surface area contributed by atoms with Crippen LogP contribution in [0.15, 0.2) is 53.2 Å². The summed E-state index contributed by atoms with van der Waals surface area (Å²) in [6, 6.07) is 13.2. The zero-order chi connectivity index (χ0) is 15.9. The van der Waals surface area contributed by atoms with Gasteiger partial charge in [-0.1, -0.05) is 17.1 Å². The van der Waals surface area contributed by atoms with E-state index in [1.807, 2.05) is 42.5 Å². The highest BCUT2D eigenvalue weighted by Crippen LogP contribution is 2.19. The molecule has 3 aromatic rings. The first kappa shape index (κ1) is 14.8. The Morgan fingerprint density at radius 3 is 2.74 bits per heavy atom. The van der Waals surface area contributed by atoms with Gasteiger partial charge in [0, 0.05) is 24.6 Å². The number of rotatable bonds is 4. The van der Waals surface area contributed by atoms with Crippen molar-refractivity contribution in [2.75, 3.05) is 7.11 Å². The van der Waals surface area contributed by atoms with E-state index in [4.69, 9.17) is 9.26 Å². The molecule has 2 aromatic heterocycles. The van der Waals surface area contributed by atoms with Gasteiger partial charge in [0.05, 0.1) is 7.11 Å². The zero-order valence-corrected chi connectivity index (χ0v) is 12.7. The van der Waals surface area contributed by atoms with Gasteiger partial charge in [-0.15, -0.1) is 0 Å². The molecule has 23 heavy (non-hydrogen) atoms. The standard InChI is InChI=1S/C18H15N3O2/c1-22-16-11-9-14(10-12-16)18-20-17(23-21-18)8-3-2-6-15-7-4-5-13-19-15/h4-5,7,9-13H,3,8H2,1H3. The molecule has 0 aliphatic carbocycles. The molecular weight excluding hydrogens is 290 g/mol. The molecule has 0 N–H and O–H groups in total. The van der Waals surface area contributed by atoms with Crippen LogP contribution in [0, 0.1) is 11.8 Å². The van der Waals surface area contributed by atoms with Crippen molar-refractivity contribution in [1.29, 1.82) is 0 Å². The maximum Gasteiger partial charge on any atom is 0.227 e. The summed E-state index contributed by atoms with van der Waals surface area (Å²) in [6.07, 6.45) is 2.98. The first-order chi connectivity index (χ1) is 11.3.